The van der Waals surface area contributed by atoms with Crippen molar-refractivity contribution >= 4 is 115 Å². The Hall–Kier alpha value is -9.82. The number of aryl methyl sites for hydroxylation is 2. The average molecular weight is 1210 g/mol. The number of anilines is 3. The molecule has 1 fully saturated rings. The highest BCUT2D eigenvalue weighted by molar-refractivity contribution is 7.17. The van der Waals surface area contributed by atoms with Crippen molar-refractivity contribution in [1.29, 1.82) is 0 Å². The van der Waals surface area contributed by atoms with Gasteiger partial charge < -0.3 is 66.5 Å². The molecule has 0 spiro atoms. The van der Waals surface area contributed by atoms with E-state index in [2.05, 4.69) is 52.1 Å². The van der Waals surface area contributed by atoms with Gasteiger partial charge in [-0.2, -0.15) is 0 Å². The number of nitrogens with zero attached hydrogens (tertiary/aromatic N) is 4. The number of aromatic amines is 2. The molecule has 454 valence electrons. The molecule has 1 aliphatic carbocycles. The predicted octanol–water partition coefficient (Wildman–Crippen LogP) is 5.91. The van der Waals surface area contributed by atoms with Crippen molar-refractivity contribution in [3.8, 4) is 5.75 Å². The van der Waals surface area contributed by atoms with Crippen molar-refractivity contribution in [1.82, 2.24) is 45.9 Å². The Bertz CT molecular complexity index is 3740. The van der Waals surface area contributed by atoms with E-state index in [1.807, 2.05) is 26.1 Å². The number of carbonyl (C=O) groups excluding carboxylic acids is 10. The van der Waals surface area contributed by atoms with Gasteiger partial charge in [-0.15, -0.1) is 11.3 Å². The monoisotopic (exact) mass is 1210 g/mol. The number of hydrogen-bond donors (Lipinski definition) is 9. The van der Waals surface area contributed by atoms with Gasteiger partial charge in [-0.25, -0.2) is 14.4 Å². The number of thiophene rings is 1. The first-order chi connectivity index (χ1) is 41.9. The summed E-state index contributed by atoms with van der Waals surface area (Å²) < 4.78 is 12.4. The molecule has 11 amide bonds. The lowest BCUT2D eigenvalue weighted by Crippen LogP contribution is -2.48. The molecule has 4 aliphatic rings. The van der Waals surface area contributed by atoms with Crippen LogP contribution in [0.1, 0.15) is 93.9 Å². The number of unbranched alkanes of at least 4 members (excludes halogenated alkanes) is 2. The molecule has 3 aromatic heterocycles. The third kappa shape index (κ3) is 14.8. The number of nitrogens with two attached hydrogens (primary N) is 1. The lowest BCUT2D eigenvalue weighted by atomic mass is 10.0. The number of ether oxygens (including phenoxy) is 2. The number of H-pyrrole nitrogens is 2. The van der Waals surface area contributed by atoms with Crippen LogP contribution < -0.4 is 47.3 Å². The van der Waals surface area contributed by atoms with Crippen LogP contribution >= 0.6 is 11.3 Å². The molecule has 25 nitrogen and oxygen atoms in total. The summed E-state index contributed by atoms with van der Waals surface area (Å²) in [6.45, 7) is 5.07. The first-order valence-corrected chi connectivity index (χ1v) is 29.6. The van der Waals surface area contributed by atoms with E-state index < -0.39 is 42.6 Å². The van der Waals surface area contributed by atoms with Gasteiger partial charge in [0.15, 0.2) is 5.75 Å². The number of primary amides is 1. The second kappa shape index (κ2) is 27.0. The number of fused-ring (bicyclic) bond motifs is 5. The minimum atomic E-state index is -1.05. The minimum Gasteiger partial charge on any atom is -0.444 e. The maximum atomic E-state index is 14.3. The van der Waals surface area contributed by atoms with Gasteiger partial charge in [0.05, 0.1) is 16.9 Å². The lowest BCUT2D eigenvalue weighted by molar-refractivity contribution is -0.137. The summed E-state index contributed by atoms with van der Waals surface area (Å²) in [6, 6.07) is 15.1. The van der Waals surface area contributed by atoms with Gasteiger partial charge in [-0.3, -0.25) is 43.8 Å². The number of carbonyl (C=O) groups is 10. The summed E-state index contributed by atoms with van der Waals surface area (Å²) in [4.78, 5) is 141. The van der Waals surface area contributed by atoms with Crippen LogP contribution in [-0.2, 0) is 48.2 Å². The molecule has 1 atom stereocenters. The van der Waals surface area contributed by atoms with Gasteiger partial charge in [-0.05, 0) is 135 Å². The Balaban J connectivity index is 0.680. The van der Waals surface area contributed by atoms with Crippen LogP contribution in [0.25, 0.3) is 27.1 Å². The summed E-state index contributed by atoms with van der Waals surface area (Å²) in [5, 5.41) is 19.8. The van der Waals surface area contributed by atoms with Crippen LogP contribution in [0, 0.1) is 6.92 Å². The topological polar surface area (TPSA) is 332 Å². The van der Waals surface area contributed by atoms with Gasteiger partial charge in [0.2, 0.25) is 17.7 Å². The van der Waals surface area contributed by atoms with Crippen LogP contribution in [0.4, 0.5) is 31.4 Å². The van der Waals surface area contributed by atoms with Crippen molar-refractivity contribution < 1.29 is 57.4 Å². The smallest absolute Gasteiger partial charge is 0.415 e. The highest BCUT2D eigenvalue weighted by Crippen LogP contribution is 2.45. The molecule has 3 aromatic carbocycles. The molecular formula is C61H67N13O12S. The molecule has 1 saturated heterocycles. The predicted molar refractivity (Wildman–Crippen MR) is 325 cm³/mol. The summed E-state index contributed by atoms with van der Waals surface area (Å²) in [5.41, 5.74) is 13.1. The minimum absolute atomic E-state index is 0.115. The van der Waals surface area contributed by atoms with Gasteiger partial charge in [0.25, 0.3) is 23.6 Å². The van der Waals surface area contributed by atoms with Crippen LogP contribution in [0.2, 0.25) is 0 Å². The Morgan fingerprint density at radius 2 is 1.54 bits per heavy atom. The Morgan fingerprint density at radius 1 is 0.770 bits per heavy atom. The number of piperazine rings is 1. The molecule has 6 heterocycles. The van der Waals surface area contributed by atoms with Gasteiger partial charge in [0, 0.05) is 110 Å². The second-order valence-corrected chi connectivity index (χ2v) is 22.7. The normalized spacial score (nSPS) is 15.0. The number of amides is 11. The van der Waals surface area contributed by atoms with E-state index in [1.54, 1.807) is 64.4 Å². The summed E-state index contributed by atoms with van der Waals surface area (Å²) in [6.07, 6.45) is 6.99. The van der Waals surface area contributed by atoms with E-state index >= 15 is 0 Å². The lowest BCUT2D eigenvalue weighted by Gasteiger charge is -2.31. The van der Waals surface area contributed by atoms with Gasteiger partial charge >= 0.3 is 18.2 Å². The zero-order chi connectivity index (χ0) is 61.3. The highest BCUT2D eigenvalue weighted by Gasteiger charge is 2.33. The third-order valence-corrected chi connectivity index (χ3v) is 16.6. The van der Waals surface area contributed by atoms with Crippen molar-refractivity contribution in [3.63, 3.8) is 0 Å². The van der Waals surface area contributed by atoms with Crippen molar-refractivity contribution in [2.45, 2.75) is 77.4 Å². The molecule has 3 aliphatic heterocycles. The quantitative estimate of drug-likeness (QED) is 0.0282. The zero-order valence-corrected chi connectivity index (χ0v) is 48.9. The summed E-state index contributed by atoms with van der Waals surface area (Å²) >= 11 is 1.53. The van der Waals surface area contributed by atoms with E-state index in [0.29, 0.717) is 109 Å². The van der Waals surface area contributed by atoms with E-state index in [0.717, 1.165) is 56.1 Å². The van der Waals surface area contributed by atoms with Crippen LogP contribution in [-0.4, -0.2) is 150 Å². The molecule has 0 bridgehead atoms. The van der Waals surface area contributed by atoms with E-state index in [1.165, 1.54) is 23.5 Å². The van der Waals surface area contributed by atoms with Crippen LogP contribution in [0.5, 0.6) is 5.75 Å². The molecule has 26 heteroatoms. The number of rotatable bonds is 22. The van der Waals surface area contributed by atoms with Gasteiger partial charge in [-0.1, -0.05) is 18.6 Å². The standard InChI is InChI=1S/C61H67N13O12S/c1-35-34-87-55-49(86-61(84)72-25-23-71(2)24-26-72)31-48-42(54(35)55)19-22-73(48)58(81)47-30-38-27-40(13-15-44(38)69-47)66-57(80)46-29-37-28-41(14-16-43(37)68-46)67-60(83)85-33-36-9-11-39(12-10-36)65-56(79)45(7-6-20-63-59(62)82)70-51(76)32-64-50(75)8-4-3-5-21-74-52(77)17-18-53(74)78/h9-12,14,16-18,27-31,34,45,68-69H,3-8,13,15,19-26,32-33H2,1-2H3,(H,64,75)(H,65,79)(H,66,80)(H,67,83)(H,70,76)(H3,62,63,82)/t45-/m0/s1. The molecular weight excluding hydrogens is 1140 g/mol. The molecule has 0 unspecified atom stereocenters. The number of urea groups is 1. The second-order valence-electron chi connectivity index (χ2n) is 21.8. The molecule has 0 saturated carbocycles. The fourth-order valence-corrected chi connectivity index (χ4v) is 11.9. The summed E-state index contributed by atoms with van der Waals surface area (Å²) in [5.74, 6) is -2.42. The first kappa shape index (κ1) is 60.3. The molecule has 10 N–H and O–H groups in total. The number of nitrogens with one attached hydrogen (secondary N) is 8. The number of likely N-dealkylation sites (N-methyl/N-ethyl adjacent to an activating group) is 1. The number of allylic oxidation sites excluding steroid dienone is 1. The van der Waals surface area contributed by atoms with Crippen LogP contribution in [0.15, 0.2) is 83.9 Å². The Morgan fingerprint density at radius 3 is 2.31 bits per heavy atom. The van der Waals surface area contributed by atoms with Gasteiger partial charge in [0.1, 0.15) is 24.0 Å². The van der Waals surface area contributed by atoms with Crippen LogP contribution in [0.3, 0.4) is 0 Å². The number of hydrogen-bond acceptors (Lipinski definition) is 14. The Labute approximate surface area is 503 Å². The van der Waals surface area contributed by atoms with E-state index in [9.17, 15) is 47.9 Å². The fourth-order valence-electron chi connectivity index (χ4n) is 10.9. The van der Waals surface area contributed by atoms with Crippen molar-refractivity contribution in [2.24, 2.45) is 5.73 Å². The summed E-state index contributed by atoms with van der Waals surface area (Å²) in [7, 11) is 2.03. The molecule has 87 heavy (non-hydrogen) atoms. The molecule has 0 radical (unpaired) electrons. The van der Waals surface area contributed by atoms with E-state index in [-0.39, 0.29) is 68.5 Å². The SMILES string of the molecule is Cc1csc2c(OC(=O)N3CCN(C)CC3)cc3c(c12)CCN3C(=O)c1cc2c([nH]1)CCC(NC(=O)c1cc3cc(NC(=O)OCc4ccc(NC(=O)[C@H](CCCNC(N)=O)NC(=O)CNC(=O)CCCCCN5C(=O)C=CC5=O)cc4)ccc3[nH]1)=C2. The van der Waals surface area contributed by atoms with E-state index in [4.69, 9.17) is 15.2 Å². The average Bonchev–Trinajstić information content (AvgIpc) is 1.77. The highest BCUT2D eigenvalue weighted by atomic mass is 32.1. The number of aromatic nitrogens is 2. The van der Waals surface area contributed by atoms with Crippen molar-refractivity contribution in [3.05, 3.63) is 123 Å². The zero-order valence-electron chi connectivity index (χ0n) is 48.1. The third-order valence-electron chi connectivity index (χ3n) is 15.5. The maximum absolute atomic E-state index is 14.3. The van der Waals surface area contributed by atoms with Crippen molar-refractivity contribution in [2.75, 3.05) is 74.9 Å². The molecule has 10 rings (SSSR count). The fraction of sp³-hybridized carbons (Fsp3) is 0.344. The number of benzene rings is 3. The number of imide groups is 1. The first-order valence-electron chi connectivity index (χ1n) is 28.8. The Kier molecular flexibility index (Phi) is 18.7. The molecule has 6 aromatic rings. The maximum Gasteiger partial charge on any atom is 0.415 e. The largest absolute Gasteiger partial charge is 0.444 e.